The van der Waals surface area contributed by atoms with Crippen molar-refractivity contribution in [2.75, 3.05) is 6.61 Å². The predicted molar refractivity (Wildman–Crippen MR) is 90.2 cm³/mol. The molecule has 0 aliphatic heterocycles. The lowest BCUT2D eigenvalue weighted by molar-refractivity contribution is -0.383. The van der Waals surface area contributed by atoms with Crippen LogP contribution >= 0.6 is 22.6 Å². The Hall–Kier alpha value is -2.16. The van der Waals surface area contributed by atoms with Crippen molar-refractivity contribution in [2.24, 2.45) is 0 Å². The lowest BCUT2D eigenvalue weighted by atomic mass is 10.1. The zero-order valence-electron chi connectivity index (χ0n) is 11.6. The maximum atomic E-state index is 12.2. The minimum Gasteiger partial charge on any atom is -0.461 e. The third-order valence-corrected chi connectivity index (χ3v) is 4.41. The Morgan fingerprint density at radius 2 is 2.09 bits per heavy atom. The molecule has 7 heteroatoms. The third kappa shape index (κ3) is 2.12. The summed E-state index contributed by atoms with van der Waals surface area (Å²) in [5, 5.41) is 13.1. The third-order valence-electron chi connectivity index (χ3n) is 3.39. The van der Waals surface area contributed by atoms with E-state index in [9.17, 15) is 14.9 Å². The van der Waals surface area contributed by atoms with Gasteiger partial charge in [-0.1, -0.05) is 24.3 Å². The molecule has 3 rings (SSSR count). The predicted octanol–water partition coefficient (Wildman–Crippen LogP) is 3.78. The highest BCUT2D eigenvalue weighted by Gasteiger charge is 2.30. The quantitative estimate of drug-likeness (QED) is 0.285. The number of nitro groups is 1. The molecule has 1 aromatic carbocycles. The van der Waals surface area contributed by atoms with Gasteiger partial charge in [0, 0.05) is 11.6 Å². The maximum absolute atomic E-state index is 12.2. The van der Waals surface area contributed by atoms with Crippen molar-refractivity contribution in [3.63, 3.8) is 0 Å². The summed E-state index contributed by atoms with van der Waals surface area (Å²) in [5.41, 5.74) is 0.533. The molecule has 0 bridgehead atoms. The van der Waals surface area contributed by atoms with Crippen LogP contribution in [0.15, 0.2) is 36.5 Å². The van der Waals surface area contributed by atoms with Crippen LogP contribution in [0.1, 0.15) is 17.4 Å². The van der Waals surface area contributed by atoms with Crippen molar-refractivity contribution in [1.29, 1.82) is 0 Å². The Labute approximate surface area is 139 Å². The monoisotopic (exact) mass is 410 g/mol. The van der Waals surface area contributed by atoms with Crippen LogP contribution in [0.25, 0.3) is 16.3 Å². The van der Waals surface area contributed by atoms with Gasteiger partial charge in [-0.15, -0.1) is 0 Å². The molecule has 0 unspecified atom stereocenters. The number of esters is 1. The Morgan fingerprint density at radius 1 is 1.36 bits per heavy atom. The summed E-state index contributed by atoms with van der Waals surface area (Å²) in [4.78, 5) is 23.2. The fourth-order valence-electron chi connectivity index (χ4n) is 2.52. The second-order valence-electron chi connectivity index (χ2n) is 4.61. The summed E-state index contributed by atoms with van der Waals surface area (Å²) in [6.45, 7) is 1.91. The van der Waals surface area contributed by atoms with Gasteiger partial charge in [-0.2, -0.15) is 0 Å². The van der Waals surface area contributed by atoms with Crippen molar-refractivity contribution >= 4 is 50.5 Å². The van der Waals surface area contributed by atoms with Gasteiger partial charge in [-0.05, 0) is 41.0 Å². The van der Waals surface area contributed by atoms with E-state index in [1.165, 1.54) is 0 Å². The zero-order chi connectivity index (χ0) is 15.9. The number of halogens is 1. The summed E-state index contributed by atoms with van der Waals surface area (Å²) in [6, 6.07) is 9.19. The van der Waals surface area contributed by atoms with Gasteiger partial charge in [0.05, 0.1) is 11.5 Å². The molecule has 2 aromatic heterocycles. The lowest BCUT2D eigenvalue weighted by Gasteiger charge is -2.04. The van der Waals surface area contributed by atoms with Gasteiger partial charge in [0.15, 0.2) is 5.69 Å². The van der Waals surface area contributed by atoms with Crippen LogP contribution in [-0.4, -0.2) is 21.9 Å². The highest BCUT2D eigenvalue weighted by molar-refractivity contribution is 14.1. The molecule has 0 saturated carbocycles. The Morgan fingerprint density at radius 3 is 2.77 bits per heavy atom. The number of aromatic nitrogens is 1. The maximum Gasteiger partial charge on any atom is 0.356 e. The second kappa shape index (κ2) is 5.56. The van der Waals surface area contributed by atoms with Gasteiger partial charge in [0.2, 0.25) is 0 Å². The average Bonchev–Trinajstić information content (AvgIpc) is 2.80. The van der Waals surface area contributed by atoms with Crippen LogP contribution in [0.3, 0.4) is 0 Å². The van der Waals surface area contributed by atoms with Gasteiger partial charge in [0.1, 0.15) is 9.09 Å². The first-order valence-corrected chi connectivity index (χ1v) is 7.67. The van der Waals surface area contributed by atoms with Crippen LogP contribution in [-0.2, 0) is 4.74 Å². The molecule has 6 nitrogen and oxygen atoms in total. The largest absolute Gasteiger partial charge is 0.461 e. The van der Waals surface area contributed by atoms with E-state index >= 15 is 0 Å². The van der Waals surface area contributed by atoms with E-state index in [4.69, 9.17) is 4.74 Å². The molecule has 0 aliphatic carbocycles. The van der Waals surface area contributed by atoms with E-state index in [2.05, 4.69) is 0 Å². The number of benzene rings is 1. The van der Waals surface area contributed by atoms with Gasteiger partial charge in [-0.25, -0.2) is 4.79 Å². The van der Waals surface area contributed by atoms with Crippen molar-refractivity contribution in [3.05, 3.63) is 55.9 Å². The Balaban J connectivity index is 2.49. The number of nitrogens with zero attached hydrogens (tertiary/aromatic N) is 2. The first-order valence-electron chi connectivity index (χ1n) is 6.59. The number of pyridine rings is 1. The summed E-state index contributed by atoms with van der Waals surface area (Å²) in [7, 11) is 0. The number of carbonyl (C=O) groups excluding carboxylic acids is 1. The molecule has 22 heavy (non-hydrogen) atoms. The van der Waals surface area contributed by atoms with Crippen LogP contribution in [0.4, 0.5) is 5.69 Å². The standard InChI is InChI=1S/C15H11IN2O4/c1-2-22-15(19)14-11(16)13(18(20)21)12-10-6-4-3-5-9(10)7-8-17(12)14/h3-8H,2H2,1H3. The average molecular weight is 410 g/mol. The number of hydrogen-bond acceptors (Lipinski definition) is 4. The molecule has 0 radical (unpaired) electrons. The molecule has 0 spiro atoms. The topological polar surface area (TPSA) is 73.8 Å². The van der Waals surface area contributed by atoms with E-state index in [0.29, 0.717) is 5.52 Å². The van der Waals surface area contributed by atoms with E-state index in [-0.39, 0.29) is 21.6 Å². The van der Waals surface area contributed by atoms with Crippen LogP contribution in [0.5, 0.6) is 0 Å². The molecule has 0 saturated heterocycles. The zero-order valence-corrected chi connectivity index (χ0v) is 13.7. The van der Waals surface area contributed by atoms with Crippen LogP contribution in [0.2, 0.25) is 0 Å². The molecular formula is C15H11IN2O4. The first kappa shape index (κ1) is 14.8. The number of fused-ring (bicyclic) bond motifs is 3. The minimum atomic E-state index is -0.565. The summed E-state index contributed by atoms with van der Waals surface area (Å²) in [5.74, 6) is -0.565. The number of ether oxygens (including phenoxy) is 1. The van der Waals surface area contributed by atoms with E-state index in [1.807, 2.05) is 52.9 Å². The minimum absolute atomic E-state index is 0.0690. The number of rotatable bonds is 3. The van der Waals surface area contributed by atoms with E-state index in [1.54, 1.807) is 17.5 Å². The smallest absolute Gasteiger partial charge is 0.356 e. The first-order chi connectivity index (χ1) is 10.6. The van der Waals surface area contributed by atoms with Gasteiger partial charge >= 0.3 is 11.7 Å². The Kier molecular flexibility index (Phi) is 3.73. The summed E-state index contributed by atoms with van der Waals surface area (Å²) >= 11 is 1.83. The SMILES string of the molecule is CCOC(=O)c1c(I)c([N+](=O)[O-])c2c3ccccc3ccn12. The van der Waals surface area contributed by atoms with Crippen molar-refractivity contribution in [1.82, 2.24) is 4.40 Å². The molecule has 0 atom stereocenters. The normalized spacial score (nSPS) is 11.0. The van der Waals surface area contributed by atoms with Crippen molar-refractivity contribution in [2.45, 2.75) is 6.92 Å². The van der Waals surface area contributed by atoms with Crippen molar-refractivity contribution < 1.29 is 14.5 Å². The number of hydrogen-bond donors (Lipinski definition) is 0. The highest BCUT2D eigenvalue weighted by atomic mass is 127. The summed E-state index contributed by atoms with van der Waals surface area (Å²) < 4.78 is 6.87. The summed E-state index contributed by atoms with van der Waals surface area (Å²) in [6.07, 6.45) is 1.67. The molecule has 2 heterocycles. The van der Waals surface area contributed by atoms with E-state index < -0.39 is 10.9 Å². The Bertz CT molecular complexity index is 917. The van der Waals surface area contributed by atoms with Crippen LogP contribution in [0, 0.1) is 13.7 Å². The van der Waals surface area contributed by atoms with Gasteiger partial charge < -0.3 is 9.14 Å². The molecular weight excluding hydrogens is 399 g/mol. The van der Waals surface area contributed by atoms with E-state index in [0.717, 1.165) is 10.8 Å². The molecule has 0 fully saturated rings. The highest BCUT2D eigenvalue weighted by Crippen LogP contribution is 2.36. The molecule has 0 N–H and O–H groups in total. The molecule has 0 amide bonds. The van der Waals surface area contributed by atoms with Gasteiger partial charge in [-0.3, -0.25) is 10.1 Å². The second-order valence-corrected chi connectivity index (χ2v) is 5.69. The fraction of sp³-hybridized carbons (Fsp3) is 0.133. The fourth-order valence-corrected chi connectivity index (χ4v) is 3.45. The molecule has 112 valence electrons. The van der Waals surface area contributed by atoms with Gasteiger partial charge in [0.25, 0.3) is 0 Å². The number of carbonyl (C=O) groups is 1. The lowest BCUT2D eigenvalue weighted by Crippen LogP contribution is -2.09. The van der Waals surface area contributed by atoms with Crippen molar-refractivity contribution in [3.8, 4) is 0 Å². The molecule has 0 aliphatic rings. The molecule has 3 aromatic rings. The van der Waals surface area contributed by atoms with Crippen LogP contribution < -0.4 is 0 Å².